The van der Waals surface area contributed by atoms with Gasteiger partial charge in [-0.15, -0.1) is 0 Å². The summed E-state index contributed by atoms with van der Waals surface area (Å²) < 4.78 is 11.8. The van der Waals surface area contributed by atoms with Crippen LogP contribution in [0.15, 0.2) is 29.4 Å². The van der Waals surface area contributed by atoms with Crippen molar-refractivity contribution in [2.24, 2.45) is 16.9 Å². The van der Waals surface area contributed by atoms with Gasteiger partial charge in [-0.2, -0.15) is 5.10 Å². The van der Waals surface area contributed by atoms with Gasteiger partial charge >= 0.3 is 0 Å². The summed E-state index contributed by atoms with van der Waals surface area (Å²) in [4.78, 5) is 2.56. The average Bonchev–Trinajstić information content (AvgIpc) is 3.32. The van der Waals surface area contributed by atoms with Gasteiger partial charge in [-0.3, -0.25) is 9.91 Å². The summed E-state index contributed by atoms with van der Waals surface area (Å²) in [6.45, 7) is 7.54. The van der Waals surface area contributed by atoms with Crippen LogP contribution >= 0.6 is 0 Å². The van der Waals surface area contributed by atoms with E-state index in [0.717, 1.165) is 57.8 Å². The highest BCUT2D eigenvalue weighted by atomic mass is 16.5. The number of hydrazone groups is 1. The van der Waals surface area contributed by atoms with Gasteiger partial charge in [0.15, 0.2) is 0 Å². The van der Waals surface area contributed by atoms with Crippen molar-refractivity contribution in [2.45, 2.75) is 44.9 Å². The van der Waals surface area contributed by atoms with E-state index in [4.69, 9.17) is 9.47 Å². The number of hydrogen-bond donors (Lipinski definition) is 0. The molecule has 0 spiro atoms. The Morgan fingerprint density at radius 2 is 2.15 bits per heavy atom. The predicted octanol–water partition coefficient (Wildman–Crippen LogP) is 3.00. The summed E-state index contributed by atoms with van der Waals surface area (Å²) in [5.41, 5.74) is 1.27. The van der Waals surface area contributed by atoms with Crippen molar-refractivity contribution in [2.75, 3.05) is 33.4 Å². The van der Waals surface area contributed by atoms with E-state index in [1.807, 2.05) is 6.07 Å². The maximum Gasteiger partial charge on any atom is 0.123 e. The van der Waals surface area contributed by atoms with Crippen LogP contribution in [-0.4, -0.2) is 61.6 Å². The third kappa shape index (κ3) is 3.74. The first-order chi connectivity index (χ1) is 12.7. The van der Waals surface area contributed by atoms with E-state index in [1.54, 1.807) is 7.11 Å². The van der Waals surface area contributed by atoms with Crippen molar-refractivity contribution >= 4 is 6.21 Å². The zero-order valence-electron chi connectivity index (χ0n) is 16.0. The number of ether oxygens (including phenoxy) is 2. The van der Waals surface area contributed by atoms with Crippen LogP contribution < -0.4 is 4.74 Å². The molecule has 2 saturated heterocycles. The number of methoxy groups -OCH3 is 1. The van der Waals surface area contributed by atoms with Gasteiger partial charge < -0.3 is 9.47 Å². The predicted molar refractivity (Wildman–Crippen MR) is 104 cm³/mol. The molecule has 5 heteroatoms. The molecule has 2 unspecified atom stereocenters. The SMILES string of the molecule is COc1ccccc1CN1C[C@@H](C)[C@H](C2CC(N3CCC=N3)CCO2)C1. The van der Waals surface area contributed by atoms with Crippen molar-refractivity contribution in [3.05, 3.63) is 29.8 Å². The number of nitrogens with zero attached hydrogens (tertiary/aromatic N) is 3. The molecule has 3 aliphatic rings. The smallest absolute Gasteiger partial charge is 0.123 e. The van der Waals surface area contributed by atoms with Crippen molar-refractivity contribution in [1.29, 1.82) is 0 Å². The van der Waals surface area contributed by atoms with Crippen molar-refractivity contribution < 1.29 is 9.47 Å². The Balaban J connectivity index is 1.38. The molecule has 0 amide bonds. The molecule has 2 fully saturated rings. The molecule has 0 aliphatic carbocycles. The summed E-state index contributed by atoms with van der Waals surface area (Å²) in [6.07, 6.45) is 5.74. The lowest BCUT2D eigenvalue weighted by Gasteiger charge is -2.37. The summed E-state index contributed by atoms with van der Waals surface area (Å²) in [6, 6.07) is 8.92. The molecule has 3 aliphatic heterocycles. The van der Waals surface area contributed by atoms with Crippen LogP contribution in [0.4, 0.5) is 0 Å². The molecular formula is C21H31N3O2. The number of likely N-dealkylation sites (tertiary alicyclic amines) is 1. The van der Waals surface area contributed by atoms with Crippen LogP contribution in [0.25, 0.3) is 0 Å². The summed E-state index contributed by atoms with van der Waals surface area (Å²) in [5, 5.41) is 6.85. The standard InChI is InChI=1S/C21H31N3O2/c1-16-13-23(14-17-6-3-4-7-20(17)25-2)15-19(16)21-12-18(8-11-26-21)24-10-5-9-22-24/h3-4,6-7,9,16,18-19,21H,5,8,10-15H2,1-2H3/t16-,18?,19-,21?/m1/s1. The quantitative estimate of drug-likeness (QED) is 0.812. The minimum Gasteiger partial charge on any atom is -0.496 e. The summed E-state index contributed by atoms with van der Waals surface area (Å²) >= 11 is 0. The zero-order chi connectivity index (χ0) is 17.9. The Hall–Kier alpha value is -1.59. The molecule has 142 valence electrons. The van der Waals surface area contributed by atoms with E-state index in [2.05, 4.69) is 46.3 Å². The lowest BCUT2D eigenvalue weighted by atomic mass is 9.86. The molecule has 4 rings (SSSR count). The number of hydrogen-bond acceptors (Lipinski definition) is 5. The minimum absolute atomic E-state index is 0.363. The Morgan fingerprint density at radius 1 is 1.27 bits per heavy atom. The minimum atomic E-state index is 0.363. The lowest BCUT2D eigenvalue weighted by molar-refractivity contribution is -0.0580. The summed E-state index contributed by atoms with van der Waals surface area (Å²) in [7, 11) is 1.76. The third-order valence-electron chi connectivity index (χ3n) is 6.24. The molecule has 26 heavy (non-hydrogen) atoms. The van der Waals surface area contributed by atoms with Crippen molar-refractivity contribution in [3.63, 3.8) is 0 Å². The van der Waals surface area contributed by atoms with Crippen LogP contribution in [-0.2, 0) is 11.3 Å². The maximum absolute atomic E-state index is 6.24. The fourth-order valence-corrected chi connectivity index (χ4v) is 4.85. The number of benzene rings is 1. The molecule has 0 radical (unpaired) electrons. The molecule has 1 aromatic carbocycles. The first kappa shape index (κ1) is 17.8. The van der Waals surface area contributed by atoms with Gasteiger partial charge in [-0.05, 0) is 24.8 Å². The summed E-state index contributed by atoms with van der Waals surface area (Å²) in [5.74, 6) is 2.26. The van der Waals surface area contributed by atoms with E-state index >= 15 is 0 Å². The Morgan fingerprint density at radius 3 is 2.96 bits per heavy atom. The fraction of sp³-hybridized carbons (Fsp3) is 0.667. The van der Waals surface area contributed by atoms with Crippen LogP contribution in [0.2, 0.25) is 0 Å². The van der Waals surface area contributed by atoms with E-state index in [9.17, 15) is 0 Å². The number of rotatable bonds is 5. The van der Waals surface area contributed by atoms with Gasteiger partial charge in [0.25, 0.3) is 0 Å². The molecule has 0 saturated carbocycles. The van der Waals surface area contributed by atoms with E-state index in [0.29, 0.717) is 24.0 Å². The Kier molecular flexibility index (Phi) is 5.46. The van der Waals surface area contributed by atoms with Gasteiger partial charge in [-0.25, -0.2) is 0 Å². The largest absolute Gasteiger partial charge is 0.496 e. The molecule has 4 atom stereocenters. The molecular weight excluding hydrogens is 326 g/mol. The molecule has 0 N–H and O–H groups in total. The van der Waals surface area contributed by atoms with Gasteiger partial charge in [0.05, 0.1) is 19.3 Å². The van der Waals surface area contributed by atoms with Crippen molar-refractivity contribution in [1.82, 2.24) is 9.91 Å². The van der Waals surface area contributed by atoms with Crippen LogP contribution in [0.1, 0.15) is 31.7 Å². The molecule has 5 nitrogen and oxygen atoms in total. The number of para-hydroxylation sites is 1. The van der Waals surface area contributed by atoms with Crippen molar-refractivity contribution in [3.8, 4) is 5.75 Å². The second kappa shape index (κ2) is 7.97. The lowest BCUT2D eigenvalue weighted by Crippen LogP contribution is -2.43. The highest BCUT2D eigenvalue weighted by molar-refractivity contribution is 5.58. The van der Waals surface area contributed by atoms with E-state index in [1.165, 1.54) is 5.56 Å². The molecule has 0 bridgehead atoms. The first-order valence-corrected chi connectivity index (χ1v) is 9.99. The third-order valence-corrected chi connectivity index (χ3v) is 6.24. The normalized spacial score (nSPS) is 32.3. The highest BCUT2D eigenvalue weighted by Gasteiger charge is 2.39. The topological polar surface area (TPSA) is 37.3 Å². The second-order valence-electron chi connectivity index (χ2n) is 7.98. The second-order valence-corrected chi connectivity index (χ2v) is 7.98. The Labute approximate surface area is 157 Å². The fourth-order valence-electron chi connectivity index (χ4n) is 4.85. The van der Waals surface area contributed by atoms with Gasteiger partial charge in [-0.1, -0.05) is 25.1 Å². The molecule has 3 heterocycles. The monoisotopic (exact) mass is 357 g/mol. The van der Waals surface area contributed by atoms with Crippen LogP contribution in [0, 0.1) is 11.8 Å². The van der Waals surface area contributed by atoms with Gasteiger partial charge in [0, 0.05) is 56.9 Å². The highest BCUT2D eigenvalue weighted by Crippen LogP contribution is 2.35. The van der Waals surface area contributed by atoms with E-state index < -0.39 is 0 Å². The van der Waals surface area contributed by atoms with E-state index in [-0.39, 0.29) is 0 Å². The molecule has 0 aromatic heterocycles. The first-order valence-electron chi connectivity index (χ1n) is 9.99. The van der Waals surface area contributed by atoms with Gasteiger partial charge in [0.1, 0.15) is 5.75 Å². The van der Waals surface area contributed by atoms with Crippen LogP contribution in [0.5, 0.6) is 5.75 Å². The average molecular weight is 357 g/mol. The van der Waals surface area contributed by atoms with Gasteiger partial charge in [0.2, 0.25) is 0 Å². The molecule has 1 aromatic rings. The Bertz CT molecular complexity index is 635. The zero-order valence-corrected chi connectivity index (χ0v) is 16.0. The van der Waals surface area contributed by atoms with Crippen LogP contribution in [0.3, 0.4) is 0 Å². The maximum atomic E-state index is 6.24.